The molecule has 7 heteroatoms. The number of aromatic nitrogens is 1. The van der Waals surface area contributed by atoms with E-state index in [-0.39, 0.29) is 18.3 Å². The van der Waals surface area contributed by atoms with Gasteiger partial charge in [0.25, 0.3) is 0 Å². The van der Waals surface area contributed by atoms with Crippen LogP contribution in [0.3, 0.4) is 0 Å². The molecule has 5 nitrogen and oxygen atoms in total. The molecular formula is C27H33B2NO4. The van der Waals surface area contributed by atoms with E-state index in [2.05, 4.69) is 97.9 Å². The molecule has 2 fully saturated rings. The molecule has 3 heterocycles. The molecule has 0 bridgehead atoms. The predicted octanol–water partition coefficient (Wildman–Crippen LogP) is 4.50. The summed E-state index contributed by atoms with van der Waals surface area (Å²) in [5.41, 5.74) is 3.58. The third kappa shape index (κ3) is 3.70. The molecular weight excluding hydrogens is 424 g/mol. The van der Waals surface area contributed by atoms with E-state index in [0.717, 1.165) is 33.0 Å². The Bertz CT molecular complexity index is 1210. The van der Waals surface area contributed by atoms with E-state index in [4.69, 9.17) is 23.6 Å². The Morgan fingerprint density at radius 3 is 1.71 bits per heavy atom. The monoisotopic (exact) mass is 457 g/mol. The topological polar surface area (TPSA) is 49.8 Å². The molecule has 2 aliphatic rings. The molecule has 0 N–H and O–H groups in total. The van der Waals surface area contributed by atoms with Gasteiger partial charge in [0, 0.05) is 17.1 Å². The van der Waals surface area contributed by atoms with Crippen LogP contribution in [0, 0.1) is 0 Å². The van der Waals surface area contributed by atoms with E-state index < -0.39 is 18.3 Å². The van der Waals surface area contributed by atoms with Crippen molar-refractivity contribution in [2.75, 3.05) is 0 Å². The minimum absolute atomic E-state index is 0.361. The number of pyridine rings is 1. The van der Waals surface area contributed by atoms with E-state index in [9.17, 15) is 0 Å². The van der Waals surface area contributed by atoms with Gasteiger partial charge >= 0.3 is 14.2 Å². The van der Waals surface area contributed by atoms with Gasteiger partial charge in [-0.2, -0.15) is 0 Å². The standard InChI is InChI=1S/C27H33B2NO4/c1-24(2)25(3,4)32-28(31-24)19-13-11-18(12-14-19)20-15-16-22(21-10-9-17-30-23(20)21)29-33-26(5,6)27(7,8)34-29/h9-17H,1-8H3. The Balaban J connectivity index is 1.49. The van der Waals surface area contributed by atoms with E-state index in [1.165, 1.54) is 0 Å². The van der Waals surface area contributed by atoms with Crippen LogP contribution in [0.5, 0.6) is 0 Å². The summed E-state index contributed by atoms with van der Waals surface area (Å²) >= 11 is 0. The fourth-order valence-corrected chi connectivity index (χ4v) is 4.40. The third-order valence-electron chi connectivity index (χ3n) is 8.06. The molecule has 2 saturated heterocycles. The summed E-state index contributed by atoms with van der Waals surface area (Å²) in [6.45, 7) is 16.6. The second-order valence-electron chi connectivity index (χ2n) is 11.4. The minimum atomic E-state index is -0.434. The maximum Gasteiger partial charge on any atom is 0.495 e. The summed E-state index contributed by atoms with van der Waals surface area (Å²) in [6, 6.07) is 16.6. The van der Waals surface area contributed by atoms with Crippen molar-refractivity contribution in [3.05, 3.63) is 54.7 Å². The van der Waals surface area contributed by atoms with Crippen molar-refractivity contribution < 1.29 is 18.6 Å². The summed E-state index contributed by atoms with van der Waals surface area (Å²) in [5, 5.41) is 1.04. The highest BCUT2D eigenvalue weighted by atomic mass is 16.7. The van der Waals surface area contributed by atoms with Gasteiger partial charge in [-0.25, -0.2) is 0 Å². The van der Waals surface area contributed by atoms with Crippen LogP contribution in [-0.2, 0) is 18.6 Å². The van der Waals surface area contributed by atoms with Crippen LogP contribution >= 0.6 is 0 Å². The van der Waals surface area contributed by atoms with Crippen LogP contribution in [-0.4, -0.2) is 41.6 Å². The number of benzene rings is 2. The Kier molecular flexibility index (Phi) is 5.31. The van der Waals surface area contributed by atoms with Crippen molar-refractivity contribution in [3.63, 3.8) is 0 Å². The van der Waals surface area contributed by atoms with Gasteiger partial charge in [-0.3, -0.25) is 4.98 Å². The lowest BCUT2D eigenvalue weighted by molar-refractivity contribution is 0.00578. The molecule has 0 radical (unpaired) electrons. The molecule has 0 atom stereocenters. The fraction of sp³-hybridized carbons (Fsp3) is 0.444. The molecule has 3 aromatic rings. The first-order valence-electron chi connectivity index (χ1n) is 12.0. The Labute approximate surface area is 203 Å². The number of hydrogen-bond donors (Lipinski definition) is 0. The SMILES string of the molecule is CC1(C)OB(c2ccc(-c3ccc(B4OC(C)(C)C(C)(C)O4)c4cccnc34)cc2)OC1(C)C. The van der Waals surface area contributed by atoms with Crippen LogP contribution in [0.25, 0.3) is 22.0 Å². The van der Waals surface area contributed by atoms with Gasteiger partial charge < -0.3 is 18.6 Å². The molecule has 0 amide bonds. The van der Waals surface area contributed by atoms with Gasteiger partial charge in [0.15, 0.2) is 0 Å². The molecule has 34 heavy (non-hydrogen) atoms. The number of fused-ring (bicyclic) bond motifs is 1. The smallest absolute Gasteiger partial charge is 0.399 e. The van der Waals surface area contributed by atoms with Crippen molar-refractivity contribution >= 4 is 36.1 Å². The molecule has 0 unspecified atom stereocenters. The first-order chi connectivity index (χ1) is 15.8. The average molecular weight is 457 g/mol. The zero-order chi connectivity index (χ0) is 24.5. The van der Waals surface area contributed by atoms with Crippen molar-refractivity contribution in [1.29, 1.82) is 0 Å². The predicted molar refractivity (Wildman–Crippen MR) is 139 cm³/mol. The Hall–Kier alpha value is -2.18. The summed E-state index contributed by atoms with van der Waals surface area (Å²) in [7, 11) is -0.809. The average Bonchev–Trinajstić information content (AvgIpc) is 3.12. The summed E-state index contributed by atoms with van der Waals surface area (Å²) in [4.78, 5) is 4.74. The minimum Gasteiger partial charge on any atom is -0.399 e. The second kappa shape index (κ2) is 7.66. The van der Waals surface area contributed by atoms with Crippen molar-refractivity contribution in [2.24, 2.45) is 0 Å². The second-order valence-corrected chi connectivity index (χ2v) is 11.4. The van der Waals surface area contributed by atoms with E-state index >= 15 is 0 Å². The Morgan fingerprint density at radius 2 is 1.15 bits per heavy atom. The van der Waals surface area contributed by atoms with Crippen molar-refractivity contribution in [2.45, 2.75) is 77.8 Å². The zero-order valence-corrected chi connectivity index (χ0v) is 21.4. The van der Waals surface area contributed by atoms with Crippen molar-refractivity contribution in [3.8, 4) is 11.1 Å². The maximum absolute atomic E-state index is 6.33. The largest absolute Gasteiger partial charge is 0.495 e. The lowest BCUT2D eigenvalue weighted by atomic mass is 9.75. The normalized spacial score (nSPS) is 22.5. The van der Waals surface area contributed by atoms with Crippen LogP contribution < -0.4 is 10.9 Å². The van der Waals surface area contributed by atoms with Gasteiger partial charge in [0.05, 0.1) is 27.9 Å². The third-order valence-corrected chi connectivity index (χ3v) is 8.06. The number of hydrogen-bond acceptors (Lipinski definition) is 5. The molecule has 1 aromatic heterocycles. The van der Waals surface area contributed by atoms with Gasteiger partial charge in [-0.15, -0.1) is 0 Å². The summed E-state index contributed by atoms with van der Waals surface area (Å²) in [5.74, 6) is 0. The summed E-state index contributed by atoms with van der Waals surface area (Å²) in [6.07, 6.45) is 1.83. The highest BCUT2D eigenvalue weighted by molar-refractivity contribution is 6.65. The number of rotatable bonds is 3. The zero-order valence-electron chi connectivity index (χ0n) is 21.4. The molecule has 5 rings (SSSR count). The van der Waals surface area contributed by atoms with Gasteiger partial charge in [0.1, 0.15) is 0 Å². The first-order valence-corrected chi connectivity index (χ1v) is 12.0. The highest BCUT2D eigenvalue weighted by Gasteiger charge is 2.53. The van der Waals surface area contributed by atoms with Gasteiger partial charge in [-0.1, -0.05) is 42.5 Å². The molecule has 2 aromatic carbocycles. The lowest BCUT2D eigenvalue weighted by Crippen LogP contribution is -2.41. The van der Waals surface area contributed by atoms with E-state index in [0.29, 0.717) is 0 Å². The quantitative estimate of drug-likeness (QED) is 0.543. The molecule has 0 spiro atoms. The summed E-state index contributed by atoms with van der Waals surface area (Å²) < 4.78 is 25.1. The number of nitrogens with zero attached hydrogens (tertiary/aromatic N) is 1. The Morgan fingerprint density at radius 1 is 0.618 bits per heavy atom. The van der Waals surface area contributed by atoms with E-state index in [1.54, 1.807) is 0 Å². The van der Waals surface area contributed by atoms with Crippen LogP contribution in [0.15, 0.2) is 54.7 Å². The van der Waals surface area contributed by atoms with Crippen molar-refractivity contribution in [1.82, 2.24) is 4.98 Å². The maximum atomic E-state index is 6.33. The van der Waals surface area contributed by atoms with Gasteiger partial charge in [-0.05, 0) is 77.9 Å². The fourth-order valence-electron chi connectivity index (χ4n) is 4.40. The highest BCUT2D eigenvalue weighted by Crippen LogP contribution is 2.38. The van der Waals surface area contributed by atoms with Gasteiger partial charge in [0.2, 0.25) is 0 Å². The lowest BCUT2D eigenvalue weighted by Gasteiger charge is -2.32. The van der Waals surface area contributed by atoms with Crippen LogP contribution in [0.2, 0.25) is 0 Å². The van der Waals surface area contributed by atoms with E-state index in [1.807, 2.05) is 12.3 Å². The van der Waals surface area contributed by atoms with Crippen LogP contribution in [0.4, 0.5) is 0 Å². The molecule has 0 saturated carbocycles. The van der Waals surface area contributed by atoms with Crippen LogP contribution in [0.1, 0.15) is 55.4 Å². The molecule has 0 aliphatic carbocycles. The molecule has 176 valence electrons. The molecule has 2 aliphatic heterocycles. The first kappa shape index (κ1) is 23.6.